The van der Waals surface area contributed by atoms with Crippen molar-refractivity contribution in [2.45, 2.75) is 20.5 Å². The molecule has 2 rings (SSSR count). The van der Waals surface area contributed by atoms with E-state index in [2.05, 4.69) is 23.0 Å². The first-order chi connectivity index (χ1) is 8.16. The summed E-state index contributed by atoms with van der Waals surface area (Å²) in [6.07, 6.45) is 3.14. The minimum Gasteiger partial charge on any atom is -0.487 e. The van der Waals surface area contributed by atoms with Gasteiger partial charge in [0, 0.05) is 0 Å². The van der Waals surface area contributed by atoms with Crippen LogP contribution >= 0.6 is 11.6 Å². The van der Waals surface area contributed by atoms with E-state index in [4.69, 9.17) is 16.3 Å². The van der Waals surface area contributed by atoms with Crippen molar-refractivity contribution in [2.75, 3.05) is 0 Å². The number of hydrogen-bond acceptors (Lipinski definition) is 3. The second-order valence-corrected chi connectivity index (χ2v) is 4.20. The molecule has 1 heterocycles. The minimum absolute atomic E-state index is 0.389. The molecule has 0 aliphatic carbocycles. The zero-order valence-electron chi connectivity index (χ0n) is 9.77. The topological polar surface area (TPSA) is 35.0 Å². The lowest BCUT2D eigenvalue weighted by atomic mass is 10.1. The molecular weight excluding hydrogens is 236 g/mol. The second kappa shape index (κ2) is 5.15. The summed E-state index contributed by atoms with van der Waals surface area (Å²) in [5, 5.41) is 0.389. The molecule has 0 saturated carbocycles. The van der Waals surface area contributed by atoms with Crippen LogP contribution in [0.5, 0.6) is 5.75 Å². The quantitative estimate of drug-likeness (QED) is 0.836. The first kappa shape index (κ1) is 11.9. The molecule has 88 valence electrons. The molecule has 0 unspecified atom stereocenters. The van der Waals surface area contributed by atoms with Crippen LogP contribution in [0.2, 0.25) is 5.15 Å². The van der Waals surface area contributed by atoms with Crippen LogP contribution in [0, 0.1) is 13.8 Å². The van der Waals surface area contributed by atoms with Crippen LogP contribution in [-0.2, 0) is 6.61 Å². The zero-order valence-corrected chi connectivity index (χ0v) is 10.5. The van der Waals surface area contributed by atoms with E-state index in [0.717, 1.165) is 17.0 Å². The third-order valence-electron chi connectivity index (χ3n) is 2.60. The Kier molecular flexibility index (Phi) is 3.59. The predicted octanol–water partition coefficient (Wildman–Crippen LogP) is 3.33. The zero-order chi connectivity index (χ0) is 12.3. The molecule has 0 aliphatic heterocycles. The van der Waals surface area contributed by atoms with Crippen molar-refractivity contribution in [1.82, 2.24) is 9.97 Å². The maximum Gasteiger partial charge on any atom is 0.147 e. The highest BCUT2D eigenvalue weighted by Gasteiger charge is 2.03. The van der Waals surface area contributed by atoms with E-state index < -0.39 is 0 Å². The molecule has 1 aromatic heterocycles. The summed E-state index contributed by atoms with van der Waals surface area (Å²) >= 11 is 5.66. The summed E-state index contributed by atoms with van der Waals surface area (Å²) in [5.74, 6) is 0.877. The Bertz CT molecular complexity index is 511. The highest BCUT2D eigenvalue weighted by Crippen LogP contribution is 2.21. The lowest BCUT2D eigenvalue weighted by Crippen LogP contribution is -2.00. The molecule has 0 saturated heterocycles. The van der Waals surface area contributed by atoms with E-state index in [1.165, 1.54) is 11.8 Å². The van der Waals surface area contributed by atoms with Gasteiger partial charge in [0.25, 0.3) is 0 Å². The minimum atomic E-state index is 0.389. The molecule has 0 amide bonds. The van der Waals surface area contributed by atoms with Crippen molar-refractivity contribution in [3.05, 3.63) is 52.6 Å². The predicted molar refractivity (Wildman–Crippen MR) is 67.3 cm³/mol. The molecule has 0 bridgehead atoms. The van der Waals surface area contributed by atoms with Crippen molar-refractivity contribution in [3.8, 4) is 5.75 Å². The van der Waals surface area contributed by atoms with Gasteiger partial charge in [0.05, 0.1) is 18.1 Å². The number of rotatable bonds is 3. The van der Waals surface area contributed by atoms with Crippen molar-refractivity contribution in [3.63, 3.8) is 0 Å². The standard InChI is InChI=1S/C13H13ClN2O/c1-9-4-3-5-12(10(9)2)17-8-11-6-16-13(14)7-15-11/h3-7H,8H2,1-2H3. The van der Waals surface area contributed by atoms with E-state index in [1.54, 1.807) is 6.20 Å². The number of hydrogen-bond donors (Lipinski definition) is 0. The van der Waals surface area contributed by atoms with Gasteiger partial charge >= 0.3 is 0 Å². The average Bonchev–Trinajstić information content (AvgIpc) is 2.33. The largest absolute Gasteiger partial charge is 0.487 e. The summed E-state index contributed by atoms with van der Waals surface area (Å²) < 4.78 is 5.70. The molecule has 0 radical (unpaired) electrons. The number of nitrogens with zero attached hydrogens (tertiary/aromatic N) is 2. The van der Waals surface area contributed by atoms with Crippen molar-refractivity contribution >= 4 is 11.6 Å². The summed E-state index contributed by atoms with van der Waals surface area (Å²) in [6.45, 7) is 4.50. The maximum absolute atomic E-state index is 5.70. The van der Waals surface area contributed by atoms with Gasteiger partial charge in [0.2, 0.25) is 0 Å². The van der Waals surface area contributed by atoms with Gasteiger partial charge in [-0.2, -0.15) is 0 Å². The van der Waals surface area contributed by atoms with Crippen molar-refractivity contribution < 1.29 is 4.74 Å². The van der Waals surface area contributed by atoms with Crippen LogP contribution in [0.15, 0.2) is 30.6 Å². The molecular formula is C13H13ClN2O. The van der Waals surface area contributed by atoms with Crippen LogP contribution in [-0.4, -0.2) is 9.97 Å². The van der Waals surface area contributed by atoms with Gasteiger partial charge < -0.3 is 4.74 Å². The maximum atomic E-state index is 5.70. The van der Waals surface area contributed by atoms with E-state index in [0.29, 0.717) is 11.8 Å². The molecule has 1 aromatic carbocycles. The first-order valence-corrected chi connectivity index (χ1v) is 5.70. The van der Waals surface area contributed by atoms with E-state index in [-0.39, 0.29) is 0 Å². The Balaban J connectivity index is 2.07. The van der Waals surface area contributed by atoms with E-state index in [9.17, 15) is 0 Å². The van der Waals surface area contributed by atoms with Gasteiger partial charge in [-0.15, -0.1) is 0 Å². The fraction of sp³-hybridized carbons (Fsp3) is 0.231. The number of ether oxygens (including phenoxy) is 1. The van der Waals surface area contributed by atoms with Gasteiger partial charge in [-0.3, -0.25) is 4.98 Å². The number of halogens is 1. The van der Waals surface area contributed by atoms with Crippen LogP contribution in [0.1, 0.15) is 16.8 Å². The molecule has 0 N–H and O–H groups in total. The normalized spacial score (nSPS) is 10.3. The molecule has 3 nitrogen and oxygen atoms in total. The highest BCUT2D eigenvalue weighted by atomic mass is 35.5. The van der Waals surface area contributed by atoms with Gasteiger partial charge in [0.1, 0.15) is 17.5 Å². The molecule has 4 heteroatoms. The smallest absolute Gasteiger partial charge is 0.147 e. The monoisotopic (exact) mass is 248 g/mol. The third kappa shape index (κ3) is 2.94. The summed E-state index contributed by atoms with van der Waals surface area (Å²) in [4.78, 5) is 8.08. The summed E-state index contributed by atoms with van der Waals surface area (Å²) in [5.41, 5.74) is 3.12. The summed E-state index contributed by atoms with van der Waals surface area (Å²) in [7, 11) is 0. The van der Waals surface area contributed by atoms with Crippen LogP contribution in [0.3, 0.4) is 0 Å². The number of aromatic nitrogens is 2. The number of benzene rings is 1. The van der Waals surface area contributed by atoms with Crippen LogP contribution in [0.25, 0.3) is 0 Å². The van der Waals surface area contributed by atoms with Crippen molar-refractivity contribution in [1.29, 1.82) is 0 Å². The van der Waals surface area contributed by atoms with E-state index in [1.807, 2.05) is 19.1 Å². The van der Waals surface area contributed by atoms with Crippen LogP contribution < -0.4 is 4.74 Å². The highest BCUT2D eigenvalue weighted by molar-refractivity contribution is 6.29. The average molecular weight is 249 g/mol. The summed E-state index contributed by atoms with van der Waals surface area (Å²) in [6, 6.07) is 5.99. The Labute approximate surface area is 105 Å². The molecule has 0 atom stereocenters. The lowest BCUT2D eigenvalue weighted by Gasteiger charge is -2.10. The molecule has 2 aromatic rings. The Morgan fingerprint density at radius 2 is 2.00 bits per heavy atom. The molecule has 0 fully saturated rings. The molecule has 0 spiro atoms. The Morgan fingerprint density at radius 1 is 1.18 bits per heavy atom. The van der Waals surface area contributed by atoms with Gasteiger partial charge in [-0.05, 0) is 31.0 Å². The fourth-order valence-corrected chi connectivity index (χ4v) is 1.54. The third-order valence-corrected chi connectivity index (χ3v) is 2.80. The fourth-order valence-electron chi connectivity index (χ4n) is 1.45. The van der Waals surface area contributed by atoms with Gasteiger partial charge in [-0.1, -0.05) is 23.7 Å². The van der Waals surface area contributed by atoms with E-state index >= 15 is 0 Å². The Hall–Kier alpha value is -1.61. The van der Waals surface area contributed by atoms with Crippen LogP contribution in [0.4, 0.5) is 0 Å². The van der Waals surface area contributed by atoms with Crippen molar-refractivity contribution in [2.24, 2.45) is 0 Å². The second-order valence-electron chi connectivity index (χ2n) is 3.82. The Morgan fingerprint density at radius 3 is 2.71 bits per heavy atom. The van der Waals surface area contributed by atoms with Gasteiger partial charge in [-0.25, -0.2) is 4.98 Å². The lowest BCUT2D eigenvalue weighted by molar-refractivity contribution is 0.298. The SMILES string of the molecule is Cc1cccc(OCc2cnc(Cl)cn2)c1C. The number of aryl methyl sites for hydroxylation is 1. The molecule has 17 heavy (non-hydrogen) atoms. The van der Waals surface area contributed by atoms with Gasteiger partial charge in [0.15, 0.2) is 0 Å². The first-order valence-electron chi connectivity index (χ1n) is 5.32. The molecule has 0 aliphatic rings.